The summed E-state index contributed by atoms with van der Waals surface area (Å²) in [4.78, 5) is 10.8. The lowest BCUT2D eigenvalue weighted by Gasteiger charge is -2.15. The van der Waals surface area contributed by atoms with Crippen LogP contribution in [0.3, 0.4) is 0 Å². The predicted molar refractivity (Wildman–Crippen MR) is 189 cm³/mol. The van der Waals surface area contributed by atoms with Crippen LogP contribution in [-0.2, 0) is 0 Å². The van der Waals surface area contributed by atoms with Crippen molar-refractivity contribution in [1.82, 2.24) is 14.5 Å². The van der Waals surface area contributed by atoms with E-state index in [1.54, 1.807) is 0 Å². The van der Waals surface area contributed by atoms with E-state index >= 15 is 0 Å². The van der Waals surface area contributed by atoms with Gasteiger partial charge in [0.1, 0.15) is 16.9 Å². The Bertz CT molecular complexity index is 2820. The van der Waals surface area contributed by atoms with Gasteiger partial charge in [-0.2, -0.15) is 0 Å². The van der Waals surface area contributed by atoms with Crippen LogP contribution in [-0.4, -0.2) is 14.5 Å². The molecule has 46 heavy (non-hydrogen) atoms. The Labute approximate surface area is 262 Å². The molecule has 7 aromatic carbocycles. The van der Waals surface area contributed by atoms with Gasteiger partial charge in [0, 0.05) is 33.2 Å². The largest absolute Gasteiger partial charge is 0.456 e. The van der Waals surface area contributed by atoms with Crippen LogP contribution in [0.15, 0.2) is 144 Å². The summed E-state index contributed by atoms with van der Waals surface area (Å²) in [5, 5.41) is 7.17. The quantitative estimate of drug-likeness (QED) is 0.203. The van der Waals surface area contributed by atoms with Gasteiger partial charge in [0.2, 0.25) is 0 Å². The van der Waals surface area contributed by atoms with Crippen molar-refractivity contribution >= 4 is 65.6 Å². The van der Waals surface area contributed by atoms with Crippen molar-refractivity contribution in [3.63, 3.8) is 0 Å². The van der Waals surface area contributed by atoms with Gasteiger partial charge in [-0.3, -0.25) is 4.57 Å². The number of hydrogen-bond donors (Lipinski definition) is 0. The highest BCUT2D eigenvalue weighted by Crippen LogP contribution is 2.49. The minimum Gasteiger partial charge on any atom is -0.456 e. The number of rotatable bonds is 2. The molecule has 212 valence electrons. The van der Waals surface area contributed by atoms with Crippen LogP contribution in [0.1, 0.15) is 0 Å². The molecular formula is C42H23N3O. The van der Waals surface area contributed by atoms with Gasteiger partial charge in [-0.15, -0.1) is 0 Å². The molecule has 4 nitrogen and oxygen atoms in total. The number of furan rings is 1. The monoisotopic (exact) mass is 585 g/mol. The molecule has 0 saturated heterocycles. The van der Waals surface area contributed by atoms with E-state index in [9.17, 15) is 0 Å². The number of aromatic nitrogens is 3. The summed E-state index contributed by atoms with van der Waals surface area (Å²) in [6.07, 6.45) is 0. The fourth-order valence-corrected chi connectivity index (χ4v) is 7.79. The second-order valence-corrected chi connectivity index (χ2v) is 12.1. The van der Waals surface area contributed by atoms with E-state index in [2.05, 4.69) is 114 Å². The molecule has 0 saturated carbocycles. The number of hydrogen-bond acceptors (Lipinski definition) is 3. The molecule has 10 aromatic rings. The maximum absolute atomic E-state index is 6.29. The Morgan fingerprint density at radius 3 is 1.78 bits per heavy atom. The number of para-hydroxylation sites is 1. The van der Waals surface area contributed by atoms with Crippen LogP contribution in [0.25, 0.3) is 105 Å². The van der Waals surface area contributed by atoms with E-state index in [0.717, 1.165) is 61.1 Å². The minimum atomic E-state index is 0.797. The third-order valence-corrected chi connectivity index (χ3v) is 9.71. The topological polar surface area (TPSA) is 43.9 Å². The van der Waals surface area contributed by atoms with Gasteiger partial charge in [-0.05, 0) is 57.3 Å². The van der Waals surface area contributed by atoms with Gasteiger partial charge >= 0.3 is 0 Å². The first-order valence-electron chi connectivity index (χ1n) is 15.6. The molecule has 4 heteroatoms. The Hall–Kier alpha value is -6.26. The van der Waals surface area contributed by atoms with E-state index in [1.807, 2.05) is 30.3 Å². The van der Waals surface area contributed by atoms with Crippen molar-refractivity contribution in [3.8, 4) is 39.3 Å². The highest BCUT2D eigenvalue weighted by atomic mass is 16.3. The minimum absolute atomic E-state index is 0.797. The molecule has 3 heterocycles. The first kappa shape index (κ1) is 24.1. The maximum atomic E-state index is 6.29. The molecule has 3 aromatic heterocycles. The Morgan fingerprint density at radius 2 is 1.07 bits per heavy atom. The van der Waals surface area contributed by atoms with Crippen molar-refractivity contribution in [2.24, 2.45) is 0 Å². The van der Waals surface area contributed by atoms with Crippen molar-refractivity contribution < 1.29 is 4.42 Å². The number of fused-ring (bicyclic) bond motifs is 6. The second-order valence-electron chi connectivity index (χ2n) is 12.1. The standard InChI is InChI=1S/C42H23N3O/c1-2-10-25(11-3-1)41-42(44-33-23-37-31(22-32(33)43-41)26-14-4-5-21-36(26)46-37)45-34-19-8-17-29-27-15-6-12-24-13-7-16-28(38(24)27)30-18-9-20-35(45)40(30)39(29)34/h1-23H. The summed E-state index contributed by atoms with van der Waals surface area (Å²) in [5.41, 5.74) is 12.4. The zero-order valence-electron chi connectivity index (χ0n) is 24.5. The van der Waals surface area contributed by atoms with E-state index in [4.69, 9.17) is 14.4 Å². The highest BCUT2D eigenvalue weighted by molar-refractivity contribution is 6.27. The van der Waals surface area contributed by atoms with Crippen LogP contribution in [0.4, 0.5) is 0 Å². The lowest BCUT2D eigenvalue weighted by atomic mass is 9.93. The highest BCUT2D eigenvalue weighted by Gasteiger charge is 2.26. The van der Waals surface area contributed by atoms with Crippen LogP contribution >= 0.6 is 0 Å². The van der Waals surface area contributed by atoms with Gasteiger partial charge in [0.05, 0.1) is 22.1 Å². The van der Waals surface area contributed by atoms with Crippen molar-refractivity contribution in [2.75, 3.05) is 0 Å². The fourth-order valence-electron chi connectivity index (χ4n) is 7.79. The maximum Gasteiger partial charge on any atom is 0.165 e. The van der Waals surface area contributed by atoms with Gasteiger partial charge in [0.25, 0.3) is 0 Å². The molecule has 0 aliphatic heterocycles. The molecule has 11 rings (SSSR count). The molecule has 0 radical (unpaired) electrons. The molecule has 0 fully saturated rings. The van der Waals surface area contributed by atoms with Crippen LogP contribution in [0.5, 0.6) is 0 Å². The van der Waals surface area contributed by atoms with Crippen molar-refractivity contribution in [3.05, 3.63) is 140 Å². The Kier molecular flexibility index (Phi) is 4.55. The van der Waals surface area contributed by atoms with E-state index < -0.39 is 0 Å². The summed E-state index contributed by atoms with van der Waals surface area (Å²) < 4.78 is 8.61. The zero-order valence-corrected chi connectivity index (χ0v) is 24.5. The third kappa shape index (κ3) is 3.07. The lowest BCUT2D eigenvalue weighted by Crippen LogP contribution is -2.04. The SMILES string of the molecule is c1ccc(-c2nc3cc4c(cc3nc2-n2c3cccc5c3c3c(cccc32)-c2cccc3cccc-5c23)oc2ccccc24)cc1. The summed E-state index contributed by atoms with van der Waals surface area (Å²) >= 11 is 0. The fraction of sp³-hybridized carbons (Fsp3) is 0. The molecule has 0 N–H and O–H groups in total. The van der Waals surface area contributed by atoms with E-state index in [0.29, 0.717) is 0 Å². The average molecular weight is 586 g/mol. The Morgan fingerprint density at radius 1 is 0.457 bits per heavy atom. The van der Waals surface area contributed by atoms with Crippen molar-refractivity contribution in [1.29, 1.82) is 0 Å². The Balaban J connectivity index is 1.31. The first-order chi connectivity index (χ1) is 22.8. The summed E-state index contributed by atoms with van der Waals surface area (Å²) in [5.74, 6) is 0.801. The lowest BCUT2D eigenvalue weighted by molar-refractivity contribution is 0.669. The van der Waals surface area contributed by atoms with Crippen molar-refractivity contribution in [2.45, 2.75) is 0 Å². The molecule has 0 spiro atoms. The average Bonchev–Trinajstić information content (AvgIpc) is 3.61. The summed E-state index contributed by atoms with van der Waals surface area (Å²) in [7, 11) is 0. The predicted octanol–water partition coefficient (Wildman–Crippen LogP) is 11.1. The molecule has 1 aliphatic rings. The van der Waals surface area contributed by atoms with Gasteiger partial charge in [0.15, 0.2) is 5.82 Å². The van der Waals surface area contributed by atoms with Gasteiger partial charge in [-0.1, -0.05) is 109 Å². The van der Waals surface area contributed by atoms with E-state index in [-0.39, 0.29) is 0 Å². The normalized spacial score (nSPS) is 12.3. The zero-order chi connectivity index (χ0) is 29.9. The van der Waals surface area contributed by atoms with Gasteiger partial charge < -0.3 is 4.42 Å². The van der Waals surface area contributed by atoms with E-state index in [1.165, 1.54) is 43.8 Å². The second kappa shape index (κ2) is 8.68. The van der Waals surface area contributed by atoms with Gasteiger partial charge in [-0.25, -0.2) is 9.97 Å². The third-order valence-electron chi connectivity index (χ3n) is 9.71. The number of nitrogens with zero attached hydrogens (tertiary/aromatic N) is 3. The van der Waals surface area contributed by atoms with Crippen LogP contribution in [0.2, 0.25) is 0 Å². The molecule has 0 amide bonds. The number of benzene rings is 7. The summed E-state index contributed by atoms with van der Waals surface area (Å²) in [6, 6.07) is 49.4. The van der Waals surface area contributed by atoms with Crippen LogP contribution < -0.4 is 0 Å². The molecule has 0 atom stereocenters. The smallest absolute Gasteiger partial charge is 0.165 e. The molecule has 0 bridgehead atoms. The molecular weight excluding hydrogens is 562 g/mol. The first-order valence-corrected chi connectivity index (χ1v) is 15.6. The molecule has 0 unspecified atom stereocenters. The molecule has 1 aliphatic carbocycles. The van der Waals surface area contributed by atoms with Crippen LogP contribution in [0, 0.1) is 0 Å². The summed E-state index contributed by atoms with van der Waals surface area (Å²) in [6.45, 7) is 0.